The first-order chi connectivity index (χ1) is 12.2. The average molecular weight is 339 g/mol. The Balaban J connectivity index is 1.54. The highest BCUT2D eigenvalue weighted by Gasteiger charge is 2.19. The summed E-state index contributed by atoms with van der Waals surface area (Å²) in [5, 5.41) is 10.4. The van der Waals surface area contributed by atoms with Gasteiger partial charge in [-0.15, -0.1) is 10.2 Å². The largest absolute Gasteiger partial charge is 0.496 e. The highest BCUT2D eigenvalue weighted by molar-refractivity contribution is 6.01. The number of anilines is 1. The van der Waals surface area contributed by atoms with Gasteiger partial charge >= 0.3 is 11.8 Å². The maximum atomic E-state index is 12.3. The Morgan fingerprint density at radius 1 is 1.12 bits per heavy atom. The van der Waals surface area contributed by atoms with E-state index in [0.717, 1.165) is 0 Å². The molecule has 1 aromatic heterocycles. The van der Waals surface area contributed by atoms with Crippen LogP contribution in [0, 0.1) is 0 Å². The van der Waals surface area contributed by atoms with Gasteiger partial charge in [-0.05, 0) is 24.3 Å². The van der Waals surface area contributed by atoms with Gasteiger partial charge in [0.15, 0.2) is 11.5 Å². The maximum Gasteiger partial charge on any atom is 0.313 e. The van der Waals surface area contributed by atoms with Gasteiger partial charge in [-0.1, -0.05) is 12.1 Å². The molecule has 0 radical (unpaired) electrons. The minimum atomic E-state index is -0.521. The van der Waals surface area contributed by atoms with Gasteiger partial charge in [0, 0.05) is 11.8 Å². The van der Waals surface area contributed by atoms with Crippen molar-refractivity contribution in [3.63, 3.8) is 0 Å². The van der Waals surface area contributed by atoms with Crippen LogP contribution in [-0.2, 0) is 0 Å². The number of para-hydroxylation sites is 1. The van der Waals surface area contributed by atoms with E-state index in [1.807, 2.05) is 12.1 Å². The van der Waals surface area contributed by atoms with E-state index in [1.165, 1.54) is 0 Å². The minimum Gasteiger partial charge on any atom is -0.496 e. The molecule has 0 saturated heterocycles. The Kier molecular flexibility index (Phi) is 3.70. The second-order valence-electron chi connectivity index (χ2n) is 5.13. The third-order valence-electron chi connectivity index (χ3n) is 3.59. The monoisotopic (exact) mass is 339 g/mol. The van der Waals surface area contributed by atoms with E-state index in [2.05, 4.69) is 15.5 Å². The molecule has 8 nitrogen and oxygen atoms in total. The van der Waals surface area contributed by atoms with Crippen molar-refractivity contribution in [3.8, 4) is 28.7 Å². The summed E-state index contributed by atoms with van der Waals surface area (Å²) in [5.41, 5.74) is 1.14. The van der Waals surface area contributed by atoms with Gasteiger partial charge in [0.1, 0.15) is 5.75 Å². The molecule has 4 rings (SSSR count). The molecule has 0 spiro atoms. The molecule has 1 aliphatic rings. The summed E-state index contributed by atoms with van der Waals surface area (Å²) in [6, 6.07) is 12.3. The fourth-order valence-electron chi connectivity index (χ4n) is 2.40. The molecule has 0 bridgehead atoms. The SMILES string of the molecule is COc1ccccc1-c1nnc(C(=O)Nc2ccc3c(c2)OCO3)o1. The van der Waals surface area contributed by atoms with Crippen LogP contribution in [0.4, 0.5) is 5.69 Å². The van der Waals surface area contributed by atoms with Crippen molar-refractivity contribution in [2.45, 2.75) is 0 Å². The Labute approximate surface area is 142 Å². The third-order valence-corrected chi connectivity index (χ3v) is 3.59. The lowest BCUT2D eigenvalue weighted by atomic mass is 10.2. The van der Waals surface area contributed by atoms with Gasteiger partial charge in [-0.25, -0.2) is 0 Å². The summed E-state index contributed by atoms with van der Waals surface area (Å²) in [6.07, 6.45) is 0. The fourth-order valence-corrected chi connectivity index (χ4v) is 2.40. The lowest BCUT2D eigenvalue weighted by molar-refractivity contribution is 0.0991. The molecule has 2 aromatic carbocycles. The molecule has 0 unspecified atom stereocenters. The van der Waals surface area contributed by atoms with E-state index in [-0.39, 0.29) is 18.6 Å². The fraction of sp³-hybridized carbons (Fsp3) is 0.118. The summed E-state index contributed by atoms with van der Waals surface area (Å²) in [4.78, 5) is 12.3. The lowest BCUT2D eigenvalue weighted by Crippen LogP contribution is -2.12. The highest BCUT2D eigenvalue weighted by atomic mass is 16.7. The topological polar surface area (TPSA) is 95.7 Å². The Hall–Kier alpha value is -3.55. The number of aromatic nitrogens is 2. The van der Waals surface area contributed by atoms with Gasteiger partial charge in [-0.3, -0.25) is 4.79 Å². The number of hydrogen-bond acceptors (Lipinski definition) is 7. The smallest absolute Gasteiger partial charge is 0.313 e. The summed E-state index contributed by atoms with van der Waals surface area (Å²) in [6.45, 7) is 0.165. The van der Waals surface area contributed by atoms with Crippen molar-refractivity contribution >= 4 is 11.6 Å². The molecule has 1 aliphatic heterocycles. The van der Waals surface area contributed by atoms with E-state index in [1.54, 1.807) is 37.4 Å². The number of fused-ring (bicyclic) bond motifs is 1. The number of rotatable bonds is 4. The van der Waals surface area contributed by atoms with Crippen LogP contribution in [0.3, 0.4) is 0 Å². The van der Waals surface area contributed by atoms with Crippen molar-refractivity contribution in [3.05, 3.63) is 48.4 Å². The van der Waals surface area contributed by atoms with E-state index in [0.29, 0.717) is 28.5 Å². The predicted molar refractivity (Wildman–Crippen MR) is 86.8 cm³/mol. The molecule has 0 atom stereocenters. The highest BCUT2D eigenvalue weighted by Crippen LogP contribution is 2.34. The second-order valence-corrected chi connectivity index (χ2v) is 5.13. The first kappa shape index (κ1) is 15.0. The quantitative estimate of drug-likeness (QED) is 0.780. The average Bonchev–Trinajstić information content (AvgIpc) is 3.30. The van der Waals surface area contributed by atoms with Gasteiger partial charge < -0.3 is 23.9 Å². The lowest BCUT2D eigenvalue weighted by Gasteiger charge is -2.04. The first-order valence-electron chi connectivity index (χ1n) is 7.42. The molecule has 3 aromatic rings. The van der Waals surface area contributed by atoms with Crippen LogP contribution < -0.4 is 19.5 Å². The molecular formula is C17H13N3O5. The molecule has 126 valence electrons. The standard InChI is InChI=1S/C17H13N3O5/c1-22-12-5-3-2-4-11(12)16-19-20-17(25-16)15(21)18-10-6-7-13-14(8-10)24-9-23-13/h2-8H,9H2,1H3,(H,18,21). The maximum absolute atomic E-state index is 12.3. The number of carbonyl (C=O) groups is 1. The molecule has 2 heterocycles. The third kappa shape index (κ3) is 2.85. The molecule has 25 heavy (non-hydrogen) atoms. The number of amides is 1. The predicted octanol–water partition coefficient (Wildman–Crippen LogP) is 2.73. The Morgan fingerprint density at radius 2 is 1.96 bits per heavy atom. The van der Waals surface area contributed by atoms with Crippen LogP contribution in [0.25, 0.3) is 11.5 Å². The van der Waals surface area contributed by atoms with Crippen LogP contribution in [0.5, 0.6) is 17.2 Å². The van der Waals surface area contributed by atoms with Crippen LogP contribution in [-0.4, -0.2) is 30.0 Å². The number of nitrogens with one attached hydrogen (secondary N) is 1. The molecule has 8 heteroatoms. The number of carbonyl (C=O) groups excluding carboxylic acids is 1. The second kappa shape index (κ2) is 6.16. The zero-order valence-electron chi connectivity index (χ0n) is 13.2. The van der Waals surface area contributed by atoms with E-state index < -0.39 is 5.91 Å². The number of hydrogen-bond donors (Lipinski definition) is 1. The molecule has 1 amide bonds. The van der Waals surface area contributed by atoms with Gasteiger partial charge in [-0.2, -0.15) is 0 Å². The van der Waals surface area contributed by atoms with Crippen LogP contribution >= 0.6 is 0 Å². The molecule has 0 fully saturated rings. The van der Waals surface area contributed by atoms with Crippen LogP contribution in [0.2, 0.25) is 0 Å². The summed E-state index contributed by atoms with van der Waals surface area (Å²) in [7, 11) is 1.54. The van der Waals surface area contributed by atoms with E-state index in [4.69, 9.17) is 18.6 Å². The van der Waals surface area contributed by atoms with E-state index in [9.17, 15) is 4.79 Å². The van der Waals surface area contributed by atoms with Crippen molar-refractivity contribution in [2.24, 2.45) is 0 Å². The van der Waals surface area contributed by atoms with Crippen LogP contribution in [0.1, 0.15) is 10.7 Å². The van der Waals surface area contributed by atoms with Gasteiger partial charge in [0.25, 0.3) is 5.89 Å². The number of benzene rings is 2. The molecule has 0 aliphatic carbocycles. The zero-order valence-corrected chi connectivity index (χ0v) is 13.2. The molecule has 0 saturated carbocycles. The first-order valence-corrected chi connectivity index (χ1v) is 7.42. The minimum absolute atomic E-state index is 0.154. The number of ether oxygens (including phenoxy) is 3. The van der Waals surface area contributed by atoms with Crippen LogP contribution in [0.15, 0.2) is 46.9 Å². The normalized spacial score (nSPS) is 12.0. The van der Waals surface area contributed by atoms with Gasteiger partial charge in [0.2, 0.25) is 6.79 Å². The summed E-state index contributed by atoms with van der Waals surface area (Å²) >= 11 is 0. The number of methoxy groups -OCH3 is 1. The number of nitrogens with zero attached hydrogens (tertiary/aromatic N) is 2. The Morgan fingerprint density at radius 3 is 2.84 bits per heavy atom. The zero-order chi connectivity index (χ0) is 17.2. The molecule has 1 N–H and O–H groups in total. The molecular weight excluding hydrogens is 326 g/mol. The van der Waals surface area contributed by atoms with Crippen molar-refractivity contribution < 1.29 is 23.4 Å². The van der Waals surface area contributed by atoms with Crippen molar-refractivity contribution in [1.82, 2.24) is 10.2 Å². The van der Waals surface area contributed by atoms with Crippen molar-refractivity contribution in [1.29, 1.82) is 0 Å². The van der Waals surface area contributed by atoms with Crippen molar-refractivity contribution in [2.75, 3.05) is 19.2 Å². The van der Waals surface area contributed by atoms with E-state index >= 15 is 0 Å². The summed E-state index contributed by atoms with van der Waals surface area (Å²) in [5.74, 6) is 1.31. The van der Waals surface area contributed by atoms with Gasteiger partial charge in [0.05, 0.1) is 12.7 Å². The Bertz CT molecular complexity index is 938. The summed E-state index contributed by atoms with van der Waals surface area (Å²) < 4.78 is 21.2.